The summed E-state index contributed by atoms with van der Waals surface area (Å²) in [5.41, 5.74) is 1.62. The molecule has 0 heterocycles. The van der Waals surface area contributed by atoms with E-state index >= 15 is 0 Å². The molecule has 5 heteroatoms. The molecule has 0 radical (unpaired) electrons. The van der Waals surface area contributed by atoms with Crippen LogP contribution in [0.5, 0.6) is 5.75 Å². The first-order valence-electron chi connectivity index (χ1n) is 6.79. The number of methoxy groups -OCH3 is 1. The Morgan fingerprint density at radius 1 is 1.24 bits per heavy atom. The monoisotopic (exact) mass is 286 g/mol. The fourth-order valence-electron chi connectivity index (χ4n) is 2.21. The Labute approximate surface area is 123 Å². The molecule has 1 unspecified atom stereocenters. The van der Waals surface area contributed by atoms with Gasteiger partial charge in [0.05, 0.1) is 24.1 Å². The van der Waals surface area contributed by atoms with Crippen molar-refractivity contribution in [2.24, 2.45) is 0 Å². The summed E-state index contributed by atoms with van der Waals surface area (Å²) in [5.74, 6) is 0.472. The van der Waals surface area contributed by atoms with Crippen LogP contribution in [0, 0.1) is 10.1 Å². The van der Waals surface area contributed by atoms with Crippen LogP contribution in [-0.4, -0.2) is 12.0 Å². The van der Waals surface area contributed by atoms with Crippen molar-refractivity contribution in [1.29, 1.82) is 0 Å². The number of ether oxygens (including phenoxy) is 1. The minimum absolute atomic E-state index is 0.0173. The molecule has 0 spiro atoms. The zero-order chi connectivity index (χ0) is 15.2. The Bertz CT molecular complexity index is 614. The van der Waals surface area contributed by atoms with Crippen molar-refractivity contribution < 1.29 is 9.66 Å². The number of nitro benzene ring substituents is 1. The van der Waals surface area contributed by atoms with E-state index in [1.54, 1.807) is 12.1 Å². The van der Waals surface area contributed by atoms with E-state index in [1.165, 1.54) is 13.2 Å². The van der Waals surface area contributed by atoms with Crippen LogP contribution in [0.3, 0.4) is 0 Å². The normalized spacial score (nSPS) is 11.7. The first-order valence-corrected chi connectivity index (χ1v) is 6.79. The molecule has 21 heavy (non-hydrogen) atoms. The van der Waals surface area contributed by atoms with Crippen molar-refractivity contribution in [2.75, 3.05) is 12.4 Å². The Balaban J connectivity index is 2.31. The first kappa shape index (κ1) is 14.8. The predicted molar refractivity (Wildman–Crippen MR) is 82.7 cm³/mol. The van der Waals surface area contributed by atoms with Gasteiger partial charge < -0.3 is 10.1 Å². The molecule has 0 aromatic heterocycles. The second kappa shape index (κ2) is 6.74. The molecule has 0 fully saturated rings. The minimum atomic E-state index is -0.400. The van der Waals surface area contributed by atoms with E-state index in [0.717, 1.165) is 12.0 Å². The van der Waals surface area contributed by atoms with E-state index in [1.807, 2.05) is 37.3 Å². The second-order valence-electron chi connectivity index (χ2n) is 4.66. The summed E-state index contributed by atoms with van der Waals surface area (Å²) in [6.07, 6.45) is 0.827. The molecule has 2 aromatic carbocycles. The third-order valence-electron chi connectivity index (χ3n) is 3.34. The molecule has 1 atom stereocenters. The third kappa shape index (κ3) is 3.51. The zero-order valence-corrected chi connectivity index (χ0v) is 12.1. The Morgan fingerprint density at radius 2 is 1.95 bits per heavy atom. The van der Waals surface area contributed by atoms with Crippen LogP contribution in [0.4, 0.5) is 11.4 Å². The maximum atomic E-state index is 11.2. The molecule has 0 saturated heterocycles. The van der Waals surface area contributed by atoms with Gasteiger partial charge in [-0.15, -0.1) is 0 Å². The van der Waals surface area contributed by atoms with Gasteiger partial charge in [0, 0.05) is 0 Å². The molecule has 0 saturated carbocycles. The molecular formula is C16H18N2O3. The Hall–Kier alpha value is -2.56. The maximum absolute atomic E-state index is 11.2. The van der Waals surface area contributed by atoms with E-state index in [2.05, 4.69) is 5.32 Å². The highest BCUT2D eigenvalue weighted by atomic mass is 16.6. The number of anilines is 1. The summed E-state index contributed by atoms with van der Waals surface area (Å²) in [5, 5.41) is 14.5. The van der Waals surface area contributed by atoms with Gasteiger partial charge >= 0.3 is 0 Å². The van der Waals surface area contributed by atoms with E-state index in [4.69, 9.17) is 4.74 Å². The van der Waals surface area contributed by atoms with Crippen LogP contribution < -0.4 is 10.1 Å². The fraction of sp³-hybridized carbons (Fsp3) is 0.250. The van der Waals surface area contributed by atoms with Gasteiger partial charge in [-0.2, -0.15) is 0 Å². The molecule has 0 bridgehead atoms. The van der Waals surface area contributed by atoms with Gasteiger partial charge in [0.25, 0.3) is 5.69 Å². The van der Waals surface area contributed by atoms with Crippen LogP contribution in [0.15, 0.2) is 48.5 Å². The van der Waals surface area contributed by atoms with Crippen molar-refractivity contribution >= 4 is 11.4 Å². The fourth-order valence-corrected chi connectivity index (χ4v) is 2.21. The van der Waals surface area contributed by atoms with Crippen molar-refractivity contribution in [3.05, 3.63) is 64.2 Å². The van der Waals surface area contributed by atoms with Gasteiger partial charge in [-0.3, -0.25) is 10.1 Å². The summed E-state index contributed by atoms with van der Waals surface area (Å²) in [4.78, 5) is 10.8. The molecule has 0 amide bonds. The highest BCUT2D eigenvalue weighted by molar-refractivity contribution is 5.64. The molecule has 2 rings (SSSR count). The smallest absolute Gasteiger partial charge is 0.296 e. The quantitative estimate of drug-likeness (QED) is 0.639. The van der Waals surface area contributed by atoms with Crippen molar-refractivity contribution in [3.63, 3.8) is 0 Å². The van der Waals surface area contributed by atoms with Crippen molar-refractivity contribution in [3.8, 4) is 5.75 Å². The van der Waals surface area contributed by atoms with Crippen molar-refractivity contribution in [1.82, 2.24) is 0 Å². The number of benzene rings is 2. The van der Waals surface area contributed by atoms with Crippen LogP contribution in [0.1, 0.15) is 24.9 Å². The maximum Gasteiger partial charge on any atom is 0.296 e. The highest BCUT2D eigenvalue weighted by Gasteiger charge is 2.18. The summed E-state index contributed by atoms with van der Waals surface area (Å²) in [6.45, 7) is 2.04. The summed E-state index contributed by atoms with van der Waals surface area (Å²) < 4.78 is 5.04. The van der Waals surface area contributed by atoms with E-state index in [0.29, 0.717) is 11.4 Å². The minimum Gasteiger partial charge on any atom is -0.496 e. The zero-order valence-electron chi connectivity index (χ0n) is 12.1. The number of rotatable bonds is 6. The molecule has 0 aliphatic heterocycles. The lowest BCUT2D eigenvalue weighted by Crippen LogP contribution is -2.11. The van der Waals surface area contributed by atoms with Gasteiger partial charge in [0.2, 0.25) is 0 Å². The van der Waals surface area contributed by atoms with E-state index in [9.17, 15) is 10.1 Å². The van der Waals surface area contributed by atoms with Gasteiger partial charge in [-0.25, -0.2) is 0 Å². The highest BCUT2D eigenvalue weighted by Crippen LogP contribution is 2.32. The molecule has 1 N–H and O–H groups in total. The molecule has 5 nitrogen and oxygen atoms in total. The third-order valence-corrected chi connectivity index (χ3v) is 3.34. The van der Waals surface area contributed by atoms with Gasteiger partial charge in [0.1, 0.15) is 11.4 Å². The molecule has 2 aromatic rings. The summed E-state index contributed by atoms with van der Waals surface area (Å²) in [7, 11) is 1.49. The second-order valence-corrected chi connectivity index (χ2v) is 4.66. The summed E-state index contributed by atoms with van der Waals surface area (Å²) >= 11 is 0. The number of nitrogens with one attached hydrogen (secondary N) is 1. The lowest BCUT2D eigenvalue weighted by Gasteiger charge is -2.19. The van der Waals surface area contributed by atoms with Crippen LogP contribution in [0.2, 0.25) is 0 Å². The largest absolute Gasteiger partial charge is 0.496 e. The Morgan fingerprint density at radius 3 is 2.52 bits per heavy atom. The number of hydrogen-bond acceptors (Lipinski definition) is 4. The summed E-state index contributed by atoms with van der Waals surface area (Å²) in [6, 6.07) is 14.7. The average molecular weight is 286 g/mol. The number of nitrogens with zero attached hydrogens (tertiary/aromatic N) is 1. The lowest BCUT2D eigenvalue weighted by atomic mass is 10.0. The van der Waals surface area contributed by atoms with Gasteiger partial charge in [0.15, 0.2) is 0 Å². The van der Waals surface area contributed by atoms with Crippen molar-refractivity contribution in [2.45, 2.75) is 19.4 Å². The molecule has 0 aliphatic carbocycles. The SMILES string of the molecule is CCC(Nc1ccc(OC)cc1[N+](=O)[O-])c1ccccc1. The first-order chi connectivity index (χ1) is 10.2. The standard InChI is InChI=1S/C16H18N2O3/c1-3-14(12-7-5-4-6-8-12)17-15-10-9-13(21-2)11-16(15)18(19)20/h4-11,14,17H,3H2,1-2H3. The lowest BCUT2D eigenvalue weighted by molar-refractivity contribution is -0.384. The van der Waals surface area contributed by atoms with Gasteiger partial charge in [-0.05, 0) is 24.1 Å². The number of hydrogen-bond donors (Lipinski definition) is 1. The van der Waals surface area contributed by atoms with Crippen LogP contribution in [0.25, 0.3) is 0 Å². The topological polar surface area (TPSA) is 64.4 Å². The molecular weight excluding hydrogens is 268 g/mol. The Kier molecular flexibility index (Phi) is 4.77. The van der Waals surface area contributed by atoms with E-state index in [-0.39, 0.29) is 11.7 Å². The van der Waals surface area contributed by atoms with Crippen LogP contribution in [-0.2, 0) is 0 Å². The van der Waals surface area contributed by atoms with Crippen LogP contribution >= 0.6 is 0 Å². The number of nitro groups is 1. The molecule has 0 aliphatic rings. The predicted octanol–water partition coefficient (Wildman–Crippen LogP) is 4.17. The molecule has 110 valence electrons. The van der Waals surface area contributed by atoms with E-state index < -0.39 is 4.92 Å². The average Bonchev–Trinajstić information content (AvgIpc) is 2.53. The van der Waals surface area contributed by atoms with Gasteiger partial charge in [-0.1, -0.05) is 37.3 Å².